The molecule has 1 N–H and O–H groups in total. The molecular weight excluding hydrogens is 250 g/mol. The summed E-state index contributed by atoms with van der Waals surface area (Å²) in [7, 11) is 0. The Morgan fingerprint density at radius 2 is 1.95 bits per heavy atom. The lowest BCUT2D eigenvalue weighted by atomic mass is 10.1. The molecule has 0 radical (unpaired) electrons. The minimum atomic E-state index is 0.150. The number of ether oxygens (including phenoxy) is 2. The molecule has 20 heavy (non-hydrogen) atoms. The van der Waals surface area contributed by atoms with Gasteiger partial charge in [0.25, 0.3) is 0 Å². The molecular formula is C17H19NO2. The fourth-order valence-electron chi connectivity index (χ4n) is 2.34. The highest BCUT2D eigenvalue weighted by Crippen LogP contribution is 2.25. The van der Waals surface area contributed by atoms with E-state index in [-0.39, 0.29) is 6.10 Å². The standard InChI is InChI=1S/C17H19NO2/c1-13-3-2-4-16(11-13)20-15-7-5-14(6-8-15)17-12-18-9-10-19-17/h2-8,11,17-18H,9-10,12H2,1H3. The maximum atomic E-state index is 5.85. The first-order valence-corrected chi connectivity index (χ1v) is 6.98. The molecule has 2 aromatic rings. The number of nitrogens with one attached hydrogen (secondary N) is 1. The number of aryl methyl sites for hydroxylation is 1. The Bertz CT molecular complexity index is 559. The first-order valence-electron chi connectivity index (χ1n) is 6.98. The second kappa shape index (κ2) is 6.07. The zero-order valence-corrected chi connectivity index (χ0v) is 11.6. The Morgan fingerprint density at radius 3 is 2.65 bits per heavy atom. The molecule has 2 aromatic carbocycles. The smallest absolute Gasteiger partial charge is 0.127 e. The van der Waals surface area contributed by atoms with E-state index in [1.807, 2.05) is 30.3 Å². The molecule has 3 rings (SSSR count). The minimum Gasteiger partial charge on any atom is -0.457 e. The van der Waals surface area contributed by atoms with Crippen LogP contribution in [0.4, 0.5) is 0 Å². The van der Waals surface area contributed by atoms with Crippen LogP contribution in [0.15, 0.2) is 48.5 Å². The zero-order chi connectivity index (χ0) is 13.8. The normalized spacial score (nSPS) is 18.8. The minimum absolute atomic E-state index is 0.150. The summed E-state index contributed by atoms with van der Waals surface area (Å²) < 4.78 is 11.6. The first kappa shape index (κ1) is 13.2. The quantitative estimate of drug-likeness (QED) is 0.925. The zero-order valence-electron chi connectivity index (χ0n) is 11.6. The Hall–Kier alpha value is -1.84. The van der Waals surface area contributed by atoms with E-state index in [4.69, 9.17) is 9.47 Å². The van der Waals surface area contributed by atoms with E-state index < -0.39 is 0 Å². The topological polar surface area (TPSA) is 30.5 Å². The lowest BCUT2D eigenvalue weighted by molar-refractivity contribution is 0.0277. The molecule has 1 unspecified atom stereocenters. The lowest BCUT2D eigenvalue weighted by Gasteiger charge is -2.24. The molecule has 1 saturated heterocycles. The van der Waals surface area contributed by atoms with Crippen LogP contribution in [-0.2, 0) is 4.74 Å². The third kappa shape index (κ3) is 3.18. The Kier molecular flexibility index (Phi) is 4.00. The van der Waals surface area contributed by atoms with Crippen molar-refractivity contribution in [2.45, 2.75) is 13.0 Å². The Morgan fingerprint density at radius 1 is 1.10 bits per heavy atom. The number of hydrogen-bond acceptors (Lipinski definition) is 3. The highest BCUT2D eigenvalue weighted by atomic mass is 16.5. The highest BCUT2D eigenvalue weighted by Gasteiger charge is 2.15. The molecule has 1 aliphatic rings. The molecule has 0 saturated carbocycles. The van der Waals surface area contributed by atoms with Crippen LogP contribution in [0.2, 0.25) is 0 Å². The van der Waals surface area contributed by atoms with Gasteiger partial charge in [-0.15, -0.1) is 0 Å². The molecule has 1 fully saturated rings. The van der Waals surface area contributed by atoms with Crippen LogP contribution in [0.1, 0.15) is 17.2 Å². The summed E-state index contributed by atoms with van der Waals surface area (Å²) in [5, 5.41) is 3.34. The molecule has 3 heteroatoms. The summed E-state index contributed by atoms with van der Waals surface area (Å²) in [5.74, 6) is 1.72. The monoisotopic (exact) mass is 269 g/mol. The van der Waals surface area contributed by atoms with Crippen molar-refractivity contribution in [1.29, 1.82) is 0 Å². The molecule has 0 amide bonds. The third-order valence-electron chi connectivity index (χ3n) is 3.40. The van der Waals surface area contributed by atoms with Crippen LogP contribution >= 0.6 is 0 Å². The second-order valence-electron chi connectivity index (χ2n) is 5.05. The predicted molar refractivity (Wildman–Crippen MR) is 79.3 cm³/mol. The van der Waals surface area contributed by atoms with Gasteiger partial charge < -0.3 is 14.8 Å². The van der Waals surface area contributed by atoms with Crippen LogP contribution in [0.5, 0.6) is 11.5 Å². The molecule has 1 aliphatic heterocycles. The van der Waals surface area contributed by atoms with Gasteiger partial charge in [-0.3, -0.25) is 0 Å². The first-order chi connectivity index (χ1) is 9.81. The maximum Gasteiger partial charge on any atom is 0.127 e. The summed E-state index contributed by atoms with van der Waals surface area (Å²) >= 11 is 0. The van der Waals surface area contributed by atoms with Gasteiger partial charge in [-0.2, -0.15) is 0 Å². The van der Waals surface area contributed by atoms with E-state index in [0.29, 0.717) is 0 Å². The molecule has 3 nitrogen and oxygen atoms in total. The average Bonchev–Trinajstić information content (AvgIpc) is 2.49. The van der Waals surface area contributed by atoms with Crippen molar-refractivity contribution in [3.8, 4) is 11.5 Å². The van der Waals surface area contributed by atoms with Crippen molar-refractivity contribution in [3.63, 3.8) is 0 Å². The molecule has 0 spiro atoms. The largest absolute Gasteiger partial charge is 0.457 e. The van der Waals surface area contributed by atoms with Gasteiger partial charge in [0.2, 0.25) is 0 Å². The molecule has 0 aliphatic carbocycles. The van der Waals surface area contributed by atoms with Crippen LogP contribution in [0.25, 0.3) is 0 Å². The fourth-order valence-corrected chi connectivity index (χ4v) is 2.34. The Labute approximate surface area is 119 Å². The van der Waals surface area contributed by atoms with Crippen LogP contribution in [-0.4, -0.2) is 19.7 Å². The number of rotatable bonds is 3. The van der Waals surface area contributed by atoms with Crippen LogP contribution < -0.4 is 10.1 Å². The van der Waals surface area contributed by atoms with Crippen molar-refractivity contribution in [2.75, 3.05) is 19.7 Å². The van der Waals surface area contributed by atoms with E-state index in [2.05, 4.69) is 30.4 Å². The van der Waals surface area contributed by atoms with Gasteiger partial charge in [0.1, 0.15) is 11.5 Å². The summed E-state index contributed by atoms with van der Waals surface area (Å²) in [6, 6.07) is 16.2. The van der Waals surface area contributed by atoms with Gasteiger partial charge in [-0.25, -0.2) is 0 Å². The molecule has 0 bridgehead atoms. The van der Waals surface area contributed by atoms with Gasteiger partial charge in [0, 0.05) is 13.1 Å². The molecule has 1 heterocycles. The number of benzene rings is 2. The van der Waals surface area contributed by atoms with Crippen molar-refractivity contribution in [2.24, 2.45) is 0 Å². The summed E-state index contributed by atoms with van der Waals surface area (Å²) in [6.45, 7) is 4.64. The average molecular weight is 269 g/mol. The van der Waals surface area contributed by atoms with Gasteiger partial charge in [-0.1, -0.05) is 24.3 Å². The molecule has 0 aromatic heterocycles. The van der Waals surface area contributed by atoms with Crippen LogP contribution in [0.3, 0.4) is 0 Å². The second-order valence-corrected chi connectivity index (χ2v) is 5.05. The number of hydrogen-bond donors (Lipinski definition) is 1. The van der Waals surface area contributed by atoms with Gasteiger partial charge >= 0.3 is 0 Å². The summed E-state index contributed by atoms with van der Waals surface area (Å²) in [4.78, 5) is 0. The molecule has 1 atom stereocenters. The predicted octanol–water partition coefficient (Wildman–Crippen LogP) is 3.45. The summed E-state index contributed by atoms with van der Waals surface area (Å²) in [5.41, 5.74) is 2.38. The van der Waals surface area contributed by atoms with E-state index in [1.165, 1.54) is 11.1 Å². The van der Waals surface area contributed by atoms with E-state index >= 15 is 0 Å². The maximum absolute atomic E-state index is 5.85. The van der Waals surface area contributed by atoms with Crippen molar-refractivity contribution >= 4 is 0 Å². The van der Waals surface area contributed by atoms with Crippen molar-refractivity contribution in [1.82, 2.24) is 5.32 Å². The highest BCUT2D eigenvalue weighted by molar-refractivity contribution is 5.35. The SMILES string of the molecule is Cc1cccc(Oc2ccc(C3CNCCO3)cc2)c1. The fraction of sp³-hybridized carbons (Fsp3) is 0.294. The van der Waals surface area contributed by atoms with Crippen molar-refractivity contribution in [3.05, 3.63) is 59.7 Å². The lowest BCUT2D eigenvalue weighted by Crippen LogP contribution is -2.33. The van der Waals surface area contributed by atoms with Crippen LogP contribution in [0, 0.1) is 6.92 Å². The van der Waals surface area contributed by atoms with Gasteiger partial charge in [0.05, 0.1) is 12.7 Å². The number of morpholine rings is 1. The van der Waals surface area contributed by atoms with E-state index in [9.17, 15) is 0 Å². The summed E-state index contributed by atoms with van der Waals surface area (Å²) in [6.07, 6.45) is 0.150. The Balaban J connectivity index is 1.69. The van der Waals surface area contributed by atoms with E-state index in [1.54, 1.807) is 0 Å². The third-order valence-corrected chi connectivity index (χ3v) is 3.40. The van der Waals surface area contributed by atoms with Gasteiger partial charge in [-0.05, 0) is 42.3 Å². The van der Waals surface area contributed by atoms with Crippen molar-refractivity contribution < 1.29 is 9.47 Å². The van der Waals surface area contributed by atoms with Gasteiger partial charge in [0.15, 0.2) is 0 Å². The van der Waals surface area contributed by atoms with E-state index in [0.717, 1.165) is 31.2 Å². The molecule has 104 valence electrons.